The number of thiophene rings is 1. The molecule has 1 aromatic heterocycles. The molecule has 0 aliphatic rings. The molecule has 4 nitrogen and oxygen atoms in total. The molecular weight excluding hydrogens is 284 g/mol. The van der Waals surface area contributed by atoms with Gasteiger partial charge in [0.1, 0.15) is 0 Å². The van der Waals surface area contributed by atoms with Crippen LogP contribution in [0, 0.1) is 10.1 Å². The van der Waals surface area contributed by atoms with Crippen LogP contribution < -0.4 is 5.32 Å². The number of hydrogen-bond donors (Lipinski definition) is 1. The largest absolute Gasteiger partial charge is 0.305 e. The molecule has 0 aliphatic heterocycles. The summed E-state index contributed by atoms with van der Waals surface area (Å²) in [5.74, 6) is 0. The molecule has 0 bridgehead atoms. The molecule has 1 aromatic carbocycles. The molecule has 1 heterocycles. The first-order valence-corrected chi connectivity index (χ1v) is 7.03. The summed E-state index contributed by atoms with van der Waals surface area (Å²) in [6, 6.07) is 8.78. The van der Waals surface area contributed by atoms with Gasteiger partial charge in [-0.15, -0.1) is 11.3 Å². The number of hydrogen-bond acceptors (Lipinski definition) is 4. The minimum absolute atomic E-state index is 0.0929. The minimum Gasteiger partial charge on any atom is -0.305 e. The van der Waals surface area contributed by atoms with E-state index in [4.69, 9.17) is 11.6 Å². The fraction of sp³-hybridized carbons (Fsp3) is 0.231. The smallest absolute Gasteiger partial charge is 0.273 e. The number of benzene rings is 1. The molecule has 0 unspecified atom stereocenters. The molecule has 100 valence electrons. The lowest BCUT2D eigenvalue weighted by Gasteiger charge is -2.12. The maximum Gasteiger partial charge on any atom is 0.273 e. The van der Waals surface area contributed by atoms with Crippen LogP contribution in [0.5, 0.6) is 0 Å². The van der Waals surface area contributed by atoms with Crippen molar-refractivity contribution in [2.45, 2.75) is 19.5 Å². The van der Waals surface area contributed by atoms with Crippen molar-refractivity contribution in [3.8, 4) is 0 Å². The van der Waals surface area contributed by atoms with Gasteiger partial charge in [0.25, 0.3) is 5.69 Å². The second-order valence-electron chi connectivity index (χ2n) is 4.15. The van der Waals surface area contributed by atoms with Gasteiger partial charge in [0.05, 0.1) is 4.92 Å². The highest BCUT2D eigenvalue weighted by Gasteiger charge is 2.15. The third-order valence-corrected chi connectivity index (χ3v) is 4.10. The van der Waals surface area contributed by atoms with E-state index in [1.807, 2.05) is 24.4 Å². The normalized spacial score (nSPS) is 12.3. The Morgan fingerprint density at radius 1 is 1.47 bits per heavy atom. The van der Waals surface area contributed by atoms with E-state index in [1.165, 1.54) is 17.0 Å². The molecule has 2 aromatic rings. The molecule has 1 N–H and O–H groups in total. The van der Waals surface area contributed by atoms with Crippen LogP contribution in [0.2, 0.25) is 5.02 Å². The monoisotopic (exact) mass is 296 g/mol. The first kappa shape index (κ1) is 14.0. The summed E-state index contributed by atoms with van der Waals surface area (Å²) >= 11 is 7.55. The fourth-order valence-corrected chi connectivity index (χ4v) is 2.73. The molecule has 0 fully saturated rings. The van der Waals surface area contributed by atoms with E-state index in [1.54, 1.807) is 17.4 Å². The van der Waals surface area contributed by atoms with Gasteiger partial charge < -0.3 is 5.32 Å². The molecule has 0 spiro atoms. The van der Waals surface area contributed by atoms with Crippen LogP contribution in [-0.2, 0) is 6.54 Å². The zero-order valence-corrected chi connectivity index (χ0v) is 11.9. The van der Waals surface area contributed by atoms with E-state index in [2.05, 4.69) is 5.32 Å². The maximum atomic E-state index is 10.9. The van der Waals surface area contributed by atoms with Gasteiger partial charge in [-0.25, -0.2) is 0 Å². The number of halogens is 1. The van der Waals surface area contributed by atoms with Crippen LogP contribution in [0.4, 0.5) is 5.69 Å². The SMILES string of the molecule is C[C@@H](NCc1cc(Cl)ccc1[N+](=O)[O-])c1cccs1. The van der Waals surface area contributed by atoms with E-state index in [-0.39, 0.29) is 16.7 Å². The standard InChI is InChI=1S/C13H13ClN2O2S/c1-9(13-3-2-6-19-13)15-8-10-7-11(14)4-5-12(10)16(17)18/h2-7,9,15H,8H2,1H3/t9-/m1/s1. The van der Waals surface area contributed by atoms with Crippen LogP contribution in [-0.4, -0.2) is 4.92 Å². The van der Waals surface area contributed by atoms with Crippen LogP contribution in [0.25, 0.3) is 0 Å². The Labute approximate surface area is 120 Å². The molecule has 19 heavy (non-hydrogen) atoms. The lowest BCUT2D eigenvalue weighted by molar-refractivity contribution is -0.385. The van der Waals surface area contributed by atoms with E-state index >= 15 is 0 Å². The zero-order chi connectivity index (χ0) is 13.8. The quantitative estimate of drug-likeness (QED) is 0.666. The maximum absolute atomic E-state index is 10.9. The Morgan fingerprint density at radius 2 is 2.26 bits per heavy atom. The lowest BCUT2D eigenvalue weighted by atomic mass is 10.1. The van der Waals surface area contributed by atoms with Crippen LogP contribution in [0.15, 0.2) is 35.7 Å². The highest BCUT2D eigenvalue weighted by atomic mass is 35.5. The summed E-state index contributed by atoms with van der Waals surface area (Å²) < 4.78 is 0. The summed E-state index contributed by atoms with van der Waals surface area (Å²) in [5.41, 5.74) is 0.691. The number of nitrogens with zero attached hydrogens (tertiary/aromatic N) is 1. The van der Waals surface area contributed by atoms with Crippen LogP contribution in [0.1, 0.15) is 23.4 Å². The van der Waals surface area contributed by atoms with E-state index in [0.29, 0.717) is 17.1 Å². The Morgan fingerprint density at radius 3 is 2.89 bits per heavy atom. The van der Waals surface area contributed by atoms with Gasteiger partial charge in [-0.2, -0.15) is 0 Å². The molecule has 6 heteroatoms. The summed E-state index contributed by atoms with van der Waals surface area (Å²) in [5, 5.41) is 16.7. The molecule has 0 saturated carbocycles. The third-order valence-electron chi connectivity index (χ3n) is 2.81. The first-order chi connectivity index (χ1) is 9.08. The van der Waals surface area contributed by atoms with Crippen LogP contribution >= 0.6 is 22.9 Å². The molecule has 0 amide bonds. The second-order valence-corrected chi connectivity index (χ2v) is 5.56. The van der Waals surface area contributed by atoms with Crippen molar-refractivity contribution in [2.75, 3.05) is 0 Å². The van der Waals surface area contributed by atoms with Gasteiger partial charge in [0.2, 0.25) is 0 Å². The van der Waals surface area contributed by atoms with Crippen molar-refractivity contribution in [1.29, 1.82) is 0 Å². The molecule has 2 rings (SSSR count). The van der Waals surface area contributed by atoms with Crippen LogP contribution in [0.3, 0.4) is 0 Å². The fourth-order valence-electron chi connectivity index (χ4n) is 1.78. The third kappa shape index (κ3) is 3.53. The topological polar surface area (TPSA) is 55.2 Å². The average molecular weight is 297 g/mol. The van der Waals surface area contributed by atoms with Crippen molar-refractivity contribution in [3.05, 3.63) is 61.3 Å². The summed E-state index contributed by atoms with van der Waals surface area (Å²) in [6.07, 6.45) is 0. The van der Waals surface area contributed by atoms with Gasteiger partial charge in [0, 0.05) is 34.1 Å². The highest BCUT2D eigenvalue weighted by Crippen LogP contribution is 2.24. The second kappa shape index (κ2) is 6.14. The first-order valence-electron chi connectivity index (χ1n) is 5.77. The summed E-state index contributed by atoms with van der Waals surface area (Å²) in [6.45, 7) is 2.44. The van der Waals surface area contributed by atoms with E-state index in [0.717, 1.165) is 0 Å². The number of rotatable bonds is 5. The lowest BCUT2D eigenvalue weighted by Crippen LogP contribution is -2.17. The zero-order valence-electron chi connectivity index (χ0n) is 10.3. The van der Waals surface area contributed by atoms with Crippen molar-refractivity contribution in [3.63, 3.8) is 0 Å². The van der Waals surface area contributed by atoms with Gasteiger partial charge in [-0.05, 0) is 30.5 Å². The molecule has 0 saturated heterocycles. The molecule has 1 atom stereocenters. The van der Waals surface area contributed by atoms with Gasteiger partial charge >= 0.3 is 0 Å². The Hall–Kier alpha value is -1.43. The molecule has 0 aliphatic carbocycles. The van der Waals surface area contributed by atoms with Gasteiger partial charge in [-0.1, -0.05) is 17.7 Å². The Bertz CT molecular complexity index is 572. The van der Waals surface area contributed by atoms with Crippen molar-refractivity contribution in [1.82, 2.24) is 5.32 Å². The number of nitrogens with one attached hydrogen (secondary N) is 1. The van der Waals surface area contributed by atoms with Crippen molar-refractivity contribution in [2.24, 2.45) is 0 Å². The molecular formula is C13H13ClN2O2S. The van der Waals surface area contributed by atoms with E-state index in [9.17, 15) is 10.1 Å². The van der Waals surface area contributed by atoms with Crippen molar-refractivity contribution >= 4 is 28.6 Å². The summed E-state index contributed by atoms with van der Waals surface area (Å²) in [7, 11) is 0. The number of nitro benzene ring substituents is 1. The van der Waals surface area contributed by atoms with Crippen molar-refractivity contribution < 1.29 is 4.92 Å². The highest BCUT2D eigenvalue weighted by molar-refractivity contribution is 7.10. The Kier molecular flexibility index (Phi) is 4.52. The molecule has 0 radical (unpaired) electrons. The van der Waals surface area contributed by atoms with Gasteiger partial charge in [-0.3, -0.25) is 10.1 Å². The average Bonchev–Trinajstić information content (AvgIpc) is 2.89. The minimum atomic E-state index is -0.386. The predicted octanol–water partition coefficient (Wildman–Crippen LogP) is 4.16. The van der Waals surface area contributed by atoms with Gasteiger partial charge in [0.15, 0.2) is 0 Å². The number of nitro groups is 1. The Balaban J connectivity index is 2.10. The predicted molar refractivity (Wildman–Crippen MR) is 77.7 cm³/mol. The summed E-state index contributed by atoms with van der Waals surface area (Å²) in [4.78, 5) is 11.8. The van der Waals surface area contributed by atoms with E-state index < -0.39 is 0 Å².